The minimum Gasteiger partial charge on any atom is -0.352 e. The van der Waals surface area contributed by atoms with Crippen LogP contribution in [0.25, 0.3) is 0 Å². The second-order valence-electron chi connectivity index (χ2n) is 6.46. The molecule has 0 aromatic heterocycles. The van der Waals surface area contributed by atoms with Gasteiger partial charge in [-0.1, -0.05) is 44.2 Å². The molecule has 1 aromatic rings. The van der Waals surface area contributed by atoms with Gasteiger partial charge >= 0.3 is 0 Å². The van der Waals surface area contributed by atoms with Gasteiger partial charge in [0.15, 0.2) is 0 Å². The van der Waals surface area contributed by atoms with E-state index in [0.717, 1.165) is 18.4 Å². The van der Waals surface area contributed by atoms with E-state index in [9.17, 15) is 9.59 Å². The number of hydrogen-bond donors (Lipinski definition) is 1. The highest BCUT2D eigenvalue weighted by Crippen LogP contribution is 2.19. The summed E-state index contributed by atoms with van der Waals surface area (Å²) in [6.45, 7) is 6.10. The summed E-state index contributed by atoms with van der Waals surface area (Å²) in [7, 11) is 0. The molecule has 1 aliphatic heterocycles. The molecule has 1 fully saturated rings. The monoisotopic (exact) mass is 302 g/mol. The molecule has 4 heteroatoms. The molecule has 120 valence electrons. The molecule has 1 N–H and O–H groups in total. The van der Waals surface area contributed by atoms with Crippen LogP contribution in [-0.2, 0) is 16.1 Å². The molecule has 0 bridgehead atoms. The lowest BCUT2D eigenvalue weighted by Crippen LogP contribution is -2.43. The lowest BCUT2D eigenvalue weighted by Gasteiger charge is -2.31. The van der Waals surface area contributed by atoms with Crippen LogP contribution in [-0.4, -0.2) is 29.8 Å². The first-order chi connectivity index (χ1) is 10.6. The fourth-order valence-corrected chi connectivity index (χ4v) is 2.80. The molecular formula is C18H26N2O2. The first kappa shape index (κ1) is 16.5. The van der Waals surface area contributed by atoms with Crippen molar-refractivity contribution in [2.45, 2.75) is 39.7 Å². The predicted molar refractivity (Wildman–Crippen MR) is 87.0 cm³/mol. The number of carbonyl (C=O) groups is 2. The van der Waals surface area contributed by atoms with E-state index >= 15 is 0 Å². The van der Waals surface area contributed by atoms with Crippen LogP contribution in [0.1, 0.15) is 38.7 Å². The minimum absolute atomic E-state index is 0.0341. The number of likely N-dealkylation sites (tertiary alicyclic amines) is 1. The normalized spacial score (nSPS) is 15.9. The molecule has 1 saturated heterocycles. The van der Waals surface area contributed by atoms with E-state index in [-0.39, 0.29) is 17.7 Å². The van der Waals surface area contributed by atoms with Crippen molar-refractivity contribution in [1.29, 1.82) is 0 Å². The number of carbonyl (C=O) groups excluding carboxylic acids is 2. The lowest BCUT2D eigenvalue weighted by atomic mass is 9.95. The molecule has 22 heavy (non-hydrogen) atoms. The van der Waals surface area contributed by atoms with Gasteiger partial charge in [-0.2, -0.15) is 0 Å². The number of amides is 2. The minimum atomic E-state index is 0.0341. The Kier molecular flexibility index (Phi) is 5.99. The standard InChI is InChI=1S/C18H26N2O2/c1-14(2)12-17(21)20-10-8-16(9-11-20)18(22)19-13-15-6-4-3-5-7-15/h3-7,14,16H,8-13H2,1-2H3,(H,19,22). The van der Waals surface area contributed by atoms with Gasteiger partial charge in [-0.25, -0.2) is 0 Å². The van der Waals surface area contributed by atoms with Gasteiger partial charge in [0.1, 0.15) is 0 Å². The average Bonchev–Trinajstić information content (AvgIpc) is 2.53. The Bertz CT molecular complexity index is 491. The summed E-state index contributed by atoms with van der Waals surface area (Å²) in [4.78, 5) is 26.1. The summed E-state index contributed by atoms with van der Waals surface area (Å²) in [6.07, 6.45) is 2.14. The van der Waals surface area contributed by atoms with Crippen LogP contribution in [0.4, 0.5) is 0 Å². The maximum absolute atomic E-state index is 12.2. The molecule has 0 radical (unpaired) electrons. The lowest BCUT2D eigenvalue weighted by molar-refractivity contribution is -0.136. The van der Waals surface area contributed by atoms with Crippen molar-refractivity contribution >= 4 is 11.8 Å². The van der Waals surface area contributed by atoms with Crippen LogP contribution >= 0.6 is 0 Å². The van der Waals surface area contributed by atoms with Crippen molar-refractivity contribution in [3.63, 3.8) is 0 Å². The van der Waals surface area contributed by atoms with Crippen LogP contribution in [0.15, 0.2) is 30.3 Å². The third kappa shape index (κ3) is 4.86. The van der Waals surface area contributed by atoms with Crippen LogP contribution < -0.4 is 5.32 Å². The quantitative estimate of drug-likeness (QED) is 0.909. The number of nitrogens with zero attached hydrogens (tertiary/aromatic N) is 1. The SMILES string of the molecule is CC(C)CC(=O)N1CCC(C(=O)NCc2ccccc2)CC1. The smallest absolute Gasteiger partial charge is 0.223 e. The Morgan fingerprint density at radius 2 is 1.82 bits per heavy atom. The third-order valence-electron chi connectivity index (χ3n) is 4.11. The Labute approximate surface area is 132 Å². The molecule has 0 saturated carbocycles. The van der Waals surface area contributed by atoms with Crippen LogP contribution in [0.5, 0.6) is 0 Å². The topological polar surface area (TPSA) is 49.4 Å². The molecule has 2 rings (SSSR count). The molecule has 4 nitrogen and oxygen atoms in total. The van der Waals surface area contributed by atoms with E-state index < -0.39 is 0 Å². The van der Waals surface area contributed by atoms with E-state index in [2.05, 4.69) is 19.2 Å². The van der Waals surface area contributed by atoms with E-state index in [1.54, 1.807) is 0 Å². The van der Waals surface area contributed by atoms with Gasteiger partial charge < -0.3 is 10.2 Å². The van der Waals surface area contributed by atoms with Crippen molar-refractivity contribution in [1.82, 2.24) is 10.2 Å². The maximum Gasteiger partial charge on any atom is 0.223 e. The Morgan fingerprint density at radius 3 is 2.41 bits per heavy atom. The van der Waals surface area contributed by atoms with Gasteiger partial charge in [0.25, 0.3) is 0 Å². The fraction of sp³-hybridized carbons (Fsp3) is 0.556. The van der Waals surface area contributed by atoms with Gasteiger partial charge in [-0.3, -0.25) is 9.59 Å². The summed E-state index contributed by atoms with van der Waals surface area (Å²) >= 11 is 0. The predicted octanol–water partition coefficient (Wildman–Crippen LogP) is 2.59. The summed E-state index contributed by atoms with van der Waals surface area (Å²) < 4.78 is 0. The van der Waals surface area contributed by atoms with Crippen molar-refractivity contribution in [3.8, 4) is 0 Å². The molecule has 1 heterocycles. The Morgan fingerprint density at radius 1 is 1.18 bits per heavy atom. The molecule has 0 atom stereocenters. The van der Waals surface area contributed by atoms with Crippen LogP contribution in [0.2, 0.25) is 0 Å². The number of nitrogens with one attached hydrogen (secondary N) is 1. The highest BCUT2D eigenvalue weighted by molar-refractivity contribution is 5.80. The molecule has 2 amide bonds. The van der Waals surface area contributed by atoms with E-state index in [4.69, 9.17) is 0 Å². The first-order valence-electron chi connectivity index (χ1n) is 8.15. The zero-order chi connectivity index (χ0) is 15.9. The third-order valence-corrected chi connectivity index (χ3v) is 4.11. The molecule has 1 aromatic carbocycles. The summed E-state index contributed by atoms with van der Waals surface area (Å²) in [6, 6.07) is 9.93. The number of hydrogen-bond acceptors (Lipinski definition) is 2. The molecule has 0 unspecified atom stereocenters. The highest BCUT2D eigenvalue weighted by Gasteiger charge is 2.27. The Balaban J connectivity index is 1.74. The van der Waals surface area contributed by atoms with Crippen molar-refractivity contribution in [2.24, 2.45) is 11.8 Å². The molecular weight excluding hydrogens is 276 g/mol. The van der Waals surface area contributed by atoms with Crippen LogP contribution in [0, 0.1) is 11.8 Å². The zero-order valence-corrected chi connectivity index (χ0v) is 13.5. The van der Waals surface area contributed by atoms with Gasteiger partial charge in [-0.05, 0) is 24.3 Å². The molecule has 1 aliphatic rings. The second kappa shape index (κ2) is 7.97. The van der Waals surface area contributed by atoms with Gasteiger partial charge in [-0.15, -0.1) is 0 Å². The van der Waals surface area contributed by atoms with Crippen molar-refractivity contribution in [2.75, 3.05) is 13.1 Å². The van der Waals surface area contributed by atoms with E-state index in [1.165, 1.54) is 0 Å². The van der Waals surface area contributed by atoms with Gasteiger partial charge in [0.2, 0.25) is 11.8 Å². The second-order valence-corrected chi connectivity index (χ2v) is 6.46. The van der Waals surface area contributed by atoms with E-state index in [0.29, 0.717) is 32.0 Å². The summed E-state index contributed by atoms with van der Waals surface area (Å²) in [5.74, 6) is 0.754. The summed E-state index contributed by atoms with van der Waals surface area (Å²) in [5.41, 5.74) is 1.11. The van der Waals surface area contributed by atoms with E-state index in [1.807, 2.05) is 35.2 Å². The molecule has 0 aliphatic carbocycles. The first-order valence-corrected chi connectivity index (χ1v) is 8.15. The number of rotatable bonds is 5. The molecule has 0 spiro atoms. The van der Waals surface area contributed by atoms with Crippen LogP contribution in [0.3, 0.4) is 0 Å². The zero-order valence-electron chi connectivity index (χ0n) is 13.5. The average molecular weight is 302 g/mol. The summed E-state index contributed by atoms with van der Waals surface area (Å²) in [5, 5.41) is 3.00. The van der Waals surface area contributed by atoms with Crippen molar-refractivity contribution in [3.05, 3.63) is 35.9 Å². The number of benzene rings is 1. The van der Waals surface area contributed by atoms with Gasteiger partial charge in [0, 0.05) is 32.0 Å². The number of piperidine rings is 1. The fourth-order valence-electron chi connectivity index (χ4n) is 2.80. The Hall–Kier alpha value is -1.84. The van der Waals surface area contributed by atoms with Gasteiger partial charge in [0.05, 0.1) is 0 Å². The largest absolute Gasteiger partial charge is 0.352 e. The highest BCUT2D eigenvalue weighted by atomic mass is 16.2. The van der Waals surface area contributed by atoms with Crippen molar-refractivity contribution < 1.29 is 9.59 Å². The maximum atomic E-state index is 12.2.